The molecule has 1 N–H and O–H groups in total. The highest BCUT2D eigenvalue weighted by Gasteiger charge is 2.28. The van der Waals surface area contributed by atoms with Gasteiger partial charge in [-0.2, -0.15) is 0 Å². The van der Waals surface area contributed by atoms with Crippen LogP contribution in [0.15, 0.2) is 0 Å². The molecule has 2 unspecified atom stereocenters. The minimum absolute atomic E-state index is 0.173. The lowest BCUT2D eigenvalue weighted by molar-refractivity contribution is -0.144. The molecule has 1 amide bonds. The van der Waals surface area contributed by atoms with Crippen LogP contribution in [0.5, 0.6) is 0 Å². The molecule has 0 aromatic carbocycles. The van der Waals surface area contributed by atoms with Crippen molar-refractivity contribution < 1.29 is 9.53 Å². The molecule has 0 bridgehead atoms. The fourth-order valence-electron chi connectivity index (χ4n) is 1.86. The van der Waals surface area contributed by atoms with Gasteiger partial charge in [-0.25, -0.2) is 0 Å². The van der Waals surface area contributed by atoms with Crippen LogP contribution < -0.4 is 5.32 Å². The summed E-state index contributed by atoms with van der Waals surface area (Å²) in [5, 5.41) is 3.00. The summed E-state index contributed by atoms with van der Waals surface area (Å²) in [7, 11) is 1.87. The Kier molecular flexibility index (Phi) is 5.05. The van der Waals surface area contributed by atoms with Crippen molar-refractivity contribution in [2.24, 2.45) is 0 Å². The Balaban J connectivity index is 2.50. The van der Waals surface area contributed by atoms with E-state index in [-0.39, 0.29) is 18.1 Å². The molecular formula is C11H22N2O2. The fourth-order valence-corrected chi connectivity index (χ4v) is 1.86. The lowest BCUT2D eigenvalue weighted by Gasteiger charge is -2.38. The van der Waals surface area contributed by atoms with Gasteiger partial charge in [0.1, 0.15) is 0 Å². The zero-order valence-corrected chi connectivity index (χ0v) is 9.95. The molecule has 4 heteroatoms. The summed E-state index contributed by atoms with van der Waals surface area (Å²) in [5.74, 6) is 0.242. The van der Waals surface area contributed by atoms with Gasteiger partial charge in [-0.3, -0.25) is 4.79 Å². The lowest BCUT2D eigenvalue weighted by Crippen LogP contribution is -2.51. The van der Waals surface area contributed by atoms with Gasteiger partial charge in [-0.1, -0.05) is 6.92 Å². The number of carbonyl (C=O) groups is 1. The molecule has 4 nitrogen and oxygen atoms in total. The third-order valence-electron chi connectivity index (χ3n) is 2.85. The number of carbonyl (C=O) groups excluding carboxylic acids is 1. The molecule has 1 fully saturated rings. The topological polar surface area (TPSA) is 41.6 Å². The van der Waals surface area contributed by atoms with Crippen molar-refractivity contribution in [3.8, 4) is 0 Å². The summed E-state index contributed by atoms with van der Waals surface area (Å²) in [6.45, 7) is 6.29. The predicted molar refractivity (Wildman–Crippen MR) is 59.7 cm³/mol. The largest absolute Gasteiger partial charge is 0.375 e. The molecule has 1 rings (SSSR count). The van der Waals surface area contributed by atoms with Crippen LogP contribution in [-0.4, -0.2) is 49.7 Å². The molecule has 1 aliphatic rings. The van der Waals surface area contributed by atoms with Gasteiger partial charge in [0.2, 0.25) is 5.91 Å². The molecule has 0 aliphatic carbocycles. The van der Waals surface area contributed by atoms with Crippen molar-refractivity contribution in [3.05, 3.63) is 0 Å². The van der Waals surface area contributed by atoms with Gasteiger partial charge in [0.15, 0.2) is 0 Å². The van der Waals surface area contributed by atoms with Crippen molar-refractivity contribution in [2.75, 3.05) is 26.7 Å². The number of hydrogen-bond donors (Lipinski definition) is 1. The summed E-state index contributed by atoms with van der Waals surface area (Å²) in [6, 6.07) is 0.269. The maximum atomic E-state index is 11.9. The van der Waals surface area contributed by atoms with Gasteiger partial charge >= 0.3 is 0 Å². The molecule has 0 aromatic heterocycles. The van der Waals surface area contributed by atoms with Crippen LogP contribution in [-0.2, 0) is 9.53 Å². The van der Waals surface area contributed by atoms with Gasteiger partial charge < -0.3 is 15.0 Å². The second-order valence-electron chi connectivity index (χ2n) is 4.11. The normalized spacial score (nSPS) is 26.7. The number of nitrogens with zero attached hydrogens (tertiary/aromatic N) is 1. The fraction of sp³-hybridized carbons (Fsp3) is 0.909. The second kappa shape index (κ2) is 6.08. The van der Waals surface area contributed by atoms with Crippen LogP contribution >= 0.6 is 0 Å². The van der Waals surface area contributed by atoms with Crippen LogP contribution in [0.1, 0.15) is 26.7 Å². The van der Waals surface area contributed by atoms with E-state index in [1.807, 2.05) is 18.9 Å². The minimum Gasteiger partial charge on any atom is -0.375 e. The smallest absolute Gasteiger partial charge is 0.224 e. The Labute approximate surface area is 92.0 Å². The summed E-state index contributed by atoms with van der Waals surface area (Å²) >= 11 is 0. The van der Waals surface area contributed by atoms with Crippen LogP contribution in [0.3, 0.4) is 0 Å². The minimum atomic E-state index is 0.173. The zero-order chi connectivity index (χ0) is 11.3. The van der Waals surface area contributed by atoms with Crippen molar-refractivity contribution >= 4 is 5.91 Å². The quantitative estimate of drug-likeness (QED) is 0.746. The SMILES string of the molecule is CCC1COC(C)CN1C(=O)CCNC. The Morgan fingerprint density at radius 2 is 2.33 bits per heavy atom. The maximum absolute atomic E-state index is 11.9. The summed E-state index contributed by atoms with van der Waals surface area (Å²) in [5.41, 5.74) is 0. The van der Waals surface area contributed by atoms with Crippen LogP contribution in [0.25, 0.3) is 0 Å². The highest BCUT2D eigenvalue weighted by molar-refractivity contribution is 5.76. The molecule has 0 saturated carbocycles. The molecule has 0 aromatic rings. The zero-order valence-electron chi connectivity index (χ0n) is 9.95. The summed E-state index contributed by atoms with van der Waals surface area (Å²) < 4.78 is 5.56. The molecule has 1 saturated heterocycles. The third kappa shape index (κ3) is 3.47. The molecule has 0 spiro atoms. The molecule has 1 aliphatic heterocycles. The van der Waals surface area contributed by atoms with E-state index < -0.39 is 0 Å². The highest BCUT2D eigenvalue weighted by atomic mass is 16.5. The van der Waals surface area contributed by atoms with Crippen molar-refractivity contribution in [2.45, 2.75) is 38.8 Å². The van der Waals surface area contributed by atoms with Crippen molar-refractivity contribution in [3.63, 3.8) is 0 Å². The van der Waals surface area contributed by atoms with E-state index in [1.54, 1.807) is 0 Å². The van der Waals surface area contributed by atoms with Crippen molar-refractivity contribution in [1.29, 1.82) is 0 Å². The molecule has 88 valence electrons. The standard InChI is InChI=1S/C11H22N2O2/c1-4-10-8-15-9(2)7-13(10)11(14)5-6-12-3/h9-10,12H,4-8H2,1-3H3. The van der Waals surface area contributed by atoms with Crippen molar-refractivity contribution in [1.82, 2.24) is 10.2 Å². The predicted octanol–water partition coefficient (Wildman–Crippen LogP) is 0.622. The molecular weight excluding hydrogens is 192 g/mol. The summed E-state index contributed by atoms with van der Waals surface area (Å²) in [6.07, 6.45) is 1.73. The number of hydrogen-bond acceptors (Lipinski definition) is 3. The van der Waals surface area contributed by atoms with E-state index in [0.29, 0.717) is 13.0 Å². The molecule has 0 radical (unpaired) electrons. The highest BCUT2D eigenvalue weighted by Crippen LogP contribution is 2.15. The van der Waals surface area contributed by atoms with Gasteiger partial charge in [0.05, 0.1) is 18.8 Å². The van der Waals surface area contributed by atoms with Crippen LogP contribution in [0.2, 0.25) is 0 Å². The Hall–Kier alpha value is -0.610. The second-order valence-corrected chi connectivity index (χ2v) is 4.11. The van der Waals surface area contributed by atoms with E-state index in [1.165, 1.54) is 0 Å². The molecule has 2 atom stereocenters. The number of ether oxygens (including phenoxy) is 1. The first-order valence-corrected chi connectivity index (χ1v) is 5.74. The number of morpholine rings is 1. The molecule has 1 heterocycles. The van der Waals surface area contributed by atoms with Gasteiger partial charge in [-0.15, -0.1) is 0 Å². The van der Waals surface area contributed by atoms with E-state index in [4.69, 9.17) is 4.74 Å². The Bertz CT molecular complexity index is 209. The monoisotopic (exact) mass is 214 g/mol. The number of amides is 1. The van der Waals surface area contributed by atoms with Gasteiger partial charge in [0, 0.05) is 19.5 Å². The lowest BCUT2D eigenvalue weighted by atomic mass is 10.1. The Morgan fingerprint density at radius 1 is 1.60 bits per heavy atom. The molecule has 15 heavy (non-hydrogen) atoms. The van der Waals surface area contributed by atoms with Gasteiger partial charge in [0.25, 0.3) is 0 Å². The number of nitrogens with one attached hydrogen (secondary N) is 1. The van der Waals surface area contributed by atoms with Crippen LogP contribution in [0.4, 0.5) is 0 Å². The first-order chi connectivity index (χ1) is 7.19. The number of rotatable bonds is 4. The van der Waals surface area contributed by atoms with E-state index >= 15 is 0 Å². The van der Waals surface area contributed by atoms with E-state index in [9.17, 15) is 4.79 Å². The first kappa shape index (κ1) is 12.5. The summed E-state index contributed by atoms with van der Waals surface area (Å²) in [4.78, 5) is 13.9. The van der Waals surface area contributed by atoms with Gasteiger partial charge in [-0.05, 0) is 20.4 Å². The Morgan fingerprint density at radius 3 is 2.93 bits per heavy atom. The van der Waals surface area contributed by atoms with Crippen LogP contribution in [0, 0.1) is 0 Å². The average Bonchev–Trinajstić information content (AvgIpc) is 2.25. The third-order valence-corrected chi connectivity index (χ3v) is 2.85. The van der Waals surface area contributed by atoms with E-state index in [2.05, 4.69) is 12.2 Å². The first-order valence-electron chi connectivity index (χ1n) is 5.74. The van der Waals surface area contributed by atoms with E-state index in [0.717, 1.165) is 19.5 Å². The maximum Gasteiger partial charge on any atom is 0.224 e. The average molecular weight is 214 g/mol.